The van der Waals surface area contributed by atoms with Crippen molar-refractivity contribution >= 4 is 39.5 Å². The van der Waals surface area contributed by atoms with E-state index in [1.54, 1.807) is 11.3 Å². The molecule has 1 aromatic carbocycles. The van der Waals surface area contributed by atoms with Gasteiger partial charge in [0, 0.05) is 10.3 Å². The lowest BCUT2D eigenvalue weighted by atomic mass is 10.1. The fraction of sp³-hybridized carbons (Fsp3) is 0.188. The van der Waals surface area contributed by atoms with Crippen molar-refractivity contribution < 1.29 is 0 Å². The number of halogens is 1. The minimum absolute atomic E-state index is 0.358. The molecular formula is C16H13ClN2S. The van der Waals surface area contributed by atoms with Gasteiger partial charge in [0.2, 0.25) is 0 Å². The molecule has 4 heteroatoms. The molecule has 3 aromatic rings. The van der Waals surface area contributed by atoms with Gasteiger partial charge >= 0.3 is 0 Å². The SMILES string of the molecule is Clc1cc2c(s1)CCC2Nc1cnc2ccccc2c1. The van der Waals surface area contributed by atoms with E-state index in [0.29, 0.717) is 6.04 Å². The molecule has 0 aliphatic heterocycles. The van der Waals surface area contributed by atoms with E-state index < -0.39 is 0 Å². The summed E-state index contributed by atoms with van der Waals surface area (Å²) in [5, 5.41) is 4.75. The summed E-state index contributed by atoms with van der Waals surface area (Å²) in [5.41, 5.74) is 3.46. The maximum atomic E-state index is 6.10. The third-order valence-electron chi connectivity index (χ3n) is 3.78. The van der Waals surface area contributed by atoms with Crippen LogP contribution >= 0.6 is 22.9 Å². The number of hydrogen-bond donors (Lipinski definition) is 1. The van der Waals surface area contributed by atoms with Crippen molar-refractivity contribution in [3.8, 4) is 0 Å². The lowest BCUT2D eigenvalue weighted by Gasteiger charge is -2.14. The molecule has 1 unspecified atom stereocenters. The van der Waals surface area contributed by atoms with E-state index in [1.807, 2.05) is 24.4 Å². The van der Waals surface area contributed by atoms with Crippen LogP contribution < -0.4 is 5.32 Å². The first-order valence-corrected chi connectivity index (χ1v) is 7.88. The molecule has 0 saturated heterocycles. The standard InChI is InChI=1S/C16H13ClN2S/c17-16-8-12-14(5-6-15(12)20-16)19-11-7-10-3-1-2-4-13(10)18-9-11/h1-4,7-9,14,19H,5-6H2. The molecule has 0 radical (unpaired) electrons. The zero-order chi connectivity index (χ0) is 13.5. The summed E-state index contributed by atoms with van der Waals surface area (Å²) in [6, 6.07) is 12.8. The third-order valence-corrected chi connectivity index (χ3v) is 5.12. The summed E-state index contributed by atoms with van der Waals surface area (Å²) in [5.74, 6) is 0. The van der Waals surface area contributed by atoms with E-state index in [0.717, 1.165) is 28.4 Å². The molecule has 2 nitrogen and oxygen atoms in total. The van der Waals surface area contributed by atoms with Crippen molar-refractivity contribution in [1.82, 2.24) is 4.98 Å². The number of benzene rings is 1. The number of fused-ring (bicyclic) bond motifs is 2. The average molecular weight is 301 g/mol. The van der Waals surface area contributed by atoms with Crippen LogP contribution in [0.5, 0.6) is 0 Å². The van der Waals surface area contributed by atoms with Gasteiger partial charge in [0.15, 0.2) is 0 Å². The van der Waals surface area contributed by atoms with Gasteiger partial charge in [-0.05, 0) is 36.6 Å². The summed E-state index contributed by atoms with van der Waals surface area (Å²) in [6.07, 6.45) is 4.16. The second-order valence-corrected chi connectivity index (χ2v) is 6.85. The number of pyridine rings is 1. The molecule has 1 aliphatic rings. The van der Waals surface area contributed by atoms with Crippen molar-refractivity contribution in [1.29, 1.82) is 0 Å². The molecule has 0 amide bonds. The predicted octanol–water partition coefficient (Wildman–Crippen LogP) is 5.05. The largest absolute Gasteiger partial charge is 0.377 e. The second-order valence-electron chi connectivity index (χ2n) is 5.08. The lowest BCUT2D eigenvalue weighted by Crippen LogP contribution is -2.06. The molecule has 0 fully saturated rings. The molecule has 1 atom stereocenters. The molecular weight excluding hydrogens is 288 g/mol. The Morgan fingerprint density at radius 3 is 3.10 bits per heavy atom. The van der Waals surface area contributed by atoms with Gasteiger partial charge in [-0.25, -0.2) is 0 Å². The van der Waals surface area contributed by atoms with Gasteiger partial charge in [-0.2, -0.15) is 0 Å². The molecule has 2 heterocycles. The van der Waals surface area contributed by atoms with E-state index in [4.69, 9.17) is 11.6 Å². The molecule has 1 aliphatic carbocycles. The minimum atomic E-state index is 0.358. The van der Waals surface area contributed by atoms with Crippen LogP contribution in [0.25, 0.3) is 10.9 Å². The van der Waals surface area contributed by atoms with Crippen LogP contribution in [0.4, 0.5) is 5.69 Å². The number of aryl methyl sites for hydroxylation is 1. The Bertz CT molecular complexity index is 781. The zero-order valence-electron chi connectivity index (χ0n) is 10.8. The lowest BCUT2D eigenvalue weighted by molar-refractivity contribution is 0.762. The third kappa shape index (κ3) is 2.07. The van der Waals surface area contributed by atoms with E-state index in [9.17, 15) is 0 Å². The van der Waals surface area contributed by atoms with Gasteiger partial charge in [0.1, 0.15) is 0 Å². The molecule has 0 bridgehead atoms. The van der Waals surface area contributed by atoms with E-state index >= 15 is 0 Å². The maximum Gasteiger partial charge on any atom is 0.0934 e. The van der Waals surface area contributed by atoms with Crippen molar-refractivity contribution in [2.75, 3.05) is 5.32 Å². The molecule has 100 valence electrons. The quantitative estimate of drug-likeness (QED) is 0.716. The number of anilines is 1. The molecule has 20 heavy (non-hydrogen) atoms. The van der Waals surface area contributed by atoms with Crippen molar-refractivity contribution in [3.05, 3.63) is 57.4 Å². The van der Waals surface area contributed by atoms with Crippen LogP contribution in [0.15, 0.2) is 42.6 Å². The number of nitrogens with zero attached hydrogens (tertiary/aromatic N) is 1. The van der Waals surface area contributed by atoms with Gasteiger partial charge in [0.05, 0.1) is 27.8 Å². The summed E-state index contributed by atoms with van der Waals surface area (Å²) < 4.78 is 0.887. The number of aromatic nitrogens is 1. The van der Waals surface area contributed by atoms with E-state index in [2.05, 4.69) is 28.5 Å². The monoisotopic (exact) mass is 300 g/mol. The van der Waals surface area contributed by atoms with Crippen LogP contribution in [-0.2, 0) is 6.42 Å². The number of para-hydroxylation sites is 1. The Labute approximate surface area is 126 Å². The van der Waals surface area contributed by atoms with Crippen LogP contribution in [-0.4, -0.2) is 4.98 Å². The first-order valence-electron chi connectivity index (χ1n) is 6.69. The van der Waals surface area contributed by atoms with Crippen LogP contribution in [0, 0.1) is 0 Å². The fourth-order valence-corrected chi connectivity index (χ4v) is 4.19. The molecule has 4 rings (SSSR count). The highest BCUT2D eigenvalue weighted by atomic mass is 35.5. The number of rotatable bonds is 2. The highest BCUT2D eigenvalue weighted by molar-refractivity contribution is 7.16. The smallest absolute Gasteiger partial charge is 0.0934 e. The molecule has 1 N–H and O–H groups in total. The maximum absolute atomic E-state index is 6.10. The average Bonchev–Trinajstić information content (AvgIpc) is 2.99. The van der Waals surface area contributed by atoms with E-state index in [1.165, 1.54) is 15.8 Å². The Morgan fingerprint density at radius 2 is 2.15 bits per heavy atom. The topological polar surface area (TPSA) is 24.9 Å². The number of hydrogen-bond acceptors (Lipinski definition) is 3. The Hall–Kier alpha value is -1.58. The van der Waals surface area contributed by atoms with Crippen LogP contribution in [0.1, 0.15) is 22.9 Å². The van der Waals surface area contributed by atoms with Gasteiger partial charge in [-0.15, -0.1) is 11.3 Å². The Kier molecular flexibility index (Phi) is 2.90. The minimum Gasteiger partial charge on any atom is -0.377 e. The first kappa shape index (κ1) is 12.2. The van der Waals surface area contributed by atoms with Gasteiger partial charge in [-0.1, -0.05) is 29.8 Å². The second kappa shape index (κ2) is 4.76. The Morgan fingerprint density at radius 1 is 1.25 bits per heavy atom. The van der Waals surface area contributed by atoms with Gasteiger partial charge in [-0.3, -0.25) is 4.98 Å². The number of nitrogens with one attached hydrogen (secondary N) is 1. The van der Waals surface area contributed by atoms with E-state index in [-0.39, 0.29) is 0 Å². The Balaban J connectivity index is 1.65. The summed E-state index contributed by atoms with van der Waals surface area (Å²) >= 11 is 7.81. The molecule has 2 aromatic heterocycles. The van der Waals surface area contributed by atoms with Gasteiger partial charge in [0.25, 0.3) is 0 Å². The number of thiophene rings is 1. The first-order chi connectivity index (χ1) is 9.79. The van der Waals surface area contributed by atoms with Crippen molar-refractivity contribution in [2.24, 2.45) is 0 Å². The molecule has 0 saturated carbocycles. The molecule has 0 spiro atoms. The summed E-state index contributed by atoms with van der Waals surface area (Å²) in [6.45, 7) is 0. The highest BCUT2D eigenvalue weighted by Crippen LogP contribution is 2.40. The highest BCUT2D eigenvalue weighted by Gasteiger charge is 2.24. The summed E-state index contributed by atoms with van der Waals surface area (Å²) in [4.78, 5) is 5.92. The summed E-state index contributed by atoms with van der Waals surface area (Å²) in [7, 11) is 0. The van der Waals surface area contributed by atoms with Crippen molar-refractivity contribution in [2.45, 2.75) is 18.9 Å². The van der Waals surface area contributed by atoms with Crippen LogP contribution in [0.2, 0.25) is 4.34 Å². The van der Waals surface area contributed by atoms with Crippen molar-refractivity contribution in [3.63, 3.8) is 0 Å². The fourth-order valence-electron chi connectivity index (χ4n) is 2.83. The predicted molar refractivity (Wildman–Crippen MR) is 85.8 cm³/mol. The van der Waals surface area contributed by atoms with Gasteiger partial charge < -0.3 is 5.32 Å². The van der Waals surface area contributed by atoms with Crippen LogP contribution in [0.3, 0.4) is 0 Å². The zero-order valence-corrected chi connectivity index (χ0v) is 12.3. The normalized spacial score (nSPS) is 17.4.